The maximum Gasteiger partial charge on any atom is 0.246 e. The molecule has 1 heterocycles. The zero-order valence-electron chi connectivity index (χ0n) is 13.4. The molecule has 2 aliphatic rings. The number of carbonyl (C=O) groups is 2. The van der Waals surface area contributed by atoms with Gasteiger partial charge in [-0.15, -0.1) is 0 Å². The Kier molecular flexibility index (Phi) is 5.62. The van der Waals surface area contributed by atoms with Gasteiger partial charge in [0.05, 0.1) is 0 Å². The lowest BCUT2D eigenvalue weighted by atomic mass is 9.93. The summed E-state index contributed by atoms with van der Waals surface area (Å²) in [4.78, 5) is 27.0. The van der Waals surface area contributed by atoms with Crippen LogP contribution in [-0.4, -0.2) is 49.1 Å². The van der Waals surface area contributed by atoms with Crippen LogP contribution in [0.1, 0.15) is 46.0 Å². The molecule has 0 spiro atoms. The van der Waals surface area contributed by atoms with E-state index in [1.807, 2.05) is 11.8 Å². The maximum absolute atomic E-state index is 12.8. The number of amides is 2. The topological polar surface area (TPSA) is 58.6 Å². The van der Waals surface area contributed by atoms with Crippen molar-refractivity contribution < 1.29 is 14.3 Å². The van der Waals surface area contributed by atoms with Crippen LogP contribution in [0.5, 0.6) is 0 Å². The summed E-state index contributed by atoms with van der Waals surface area (Å²) in [7, 11) is 1.69. The highest BCUT2D eigenvalue weighted by Gasteiger charge is 2.48. The van der Waals surface area contributed by atoms with Gasteiger partial charge in [-0.3, -0.25) is 9.59 Å². The largest absolute Gasteiger partial charge is 0.385 e. The van der Waals surface area contributed by atoms with Gasteiger partial charge >= 0.3 is 0 Å². The van der Waals surface area contributed by atoms with Crippen molar-refractivity contribution in [2.45, 2.75) is 58.0 Å². The maximum atomic E-state index is 12.8. The Hall–Kier alpha value is -1.10. The number of nitrogens with one attached hydrogen (secondary N) is 1. The summed E-state index contributed by atoms with van der Waals surface area (Å²) >= 11 is 0. The quantitative estimate of drug-likeness (QED) is 0.692. The van der Waals surface area contributed by atoms with Crippen LogP contribution in [0, 0.1) is 11.8 Å². The zero-order chi connectivity index (χ0) is 15.4. The van der Waals surface area contributed by atoms with Gasteiger partial charge in [0.25, 0.3) is 0 Å². The monoisotopic (exact) mass is 296 g/mol. The molecule has 5 heteroatoms. The Labute approximate surface area is 127 Å². The summed E-state index contributed by atoms with van der Waals surface area (Å²) in [6.45, 7) is 5.46. The van der Waals surface area contributed by atoms with E-state index in [9.17, 15) is 9.59 Å². The van der Waals surface area contributed by atoms with E-state index in [0.29, 0.717) is 19.1 Å². The lowest BCUT2D eigenvalue weighted by Gasteiger charge is -2.41. The Bertz CT molecular complexity index is 382. The van der Waals surface area contributed by atoms with Crippen LogP contribution >= 0.6 is 0 Å². The van der Waals surface area contributed by atoms with Crippen molar-refractivity contribution in [3.8, 4) is 0 Å². The molecule has 2 amide bonds. The van der Waals surface area contributed by atoms with Crippen molar-refractivity contribution >= 4 is 11.8 Å². The first kappa shape index (κ1) is 16.3. The first-order valence-corrected chi connectivity index (χ1v) is 8.20. The van der Waals surface area contributed by atoms with E-state index in [-0.39, 0.29) is 29.8 Å². The van der Waals surface area contributed by atoms with Crippen LogP contribution in [0.2, 0.25) is 0 Å². The summed E-state index contributed by atoms with van der Waals surface area (Å²) in [5, 5.41) is 2.96. The van der Waals surface area contributed by atoms with Crippen LogP contribution < -0.4 is 5.32 Å². The third-order valence-corrected chi connectivity index (χ3v) is 4.73. The molecule has 0 aromatic carbocycles. The molecule has 1 N–H and O–H groups in total. The van der Waals surface area contributed by atoms with Crippen molar-refractivity contribution in [1.82, 2.24) is 10.2 Å². The molecular formula is C16H28N2O3. The van der Waals surface area contributed by atoms with Crippen LogP contribution in [0.25, 0.3) is 0 Å². The number of rotatable bonds is 8. The molecule has 0 aromatic heterocycles. The second-order valence-corrected chi connectivity index (χ2v) is 6.39. The molecule has 2 rings (SSSR count). The molecule has 1 aliphatic heterocycles. The Morgan fingerprint density at radius 3 is 2.62 bits per heavy atom. The van der Waals surface area contributed by atoms with Crippen molar-refractivity contribution in [1.29, 1.82) is 0 Å². The van der Waals surface area contributed by atoms with E-state index in [0.717, 1.165) is 32.1 Å². The van der Waals surface area contributed by atoms with E-state index in [1.54, 1.807) is 7.11 Å². The standard InChI is InChI=1S/C16H28N2O3/c1-4-11(2)13-16(20)18(9-5-6-10-21-3)14(12-7-8-12)15(19)17-13/h11-14H,4-10H2,1-3H3,(H,17,19). The summed E-state index contributed by atoms with van der Waals surface area (Å²) in [5.41, 5.74) is 0. The first-order valence-electron chi connectivity index (χ1n) is 8.20. The number of carbonyl (C=O) groups excluding carboxylic acids is 2. The van der Waals surface area contributed by atoms with E-state index < -0.39 is 0 Å². The number of hydrogen-bond donors (Lipinski definition) is 1. The van der Waals surface area contributed by atoms with Gasteiger partial charge in [0, 0.05) is 20.3 Å². The molecule has 5 nitrogen and oxygen atoms in total. The van der Waals surface area contributed by atoms with Crippen molar-refractivity contribution in [2.24, 2.45) is 11.8 Å². The number of piperazine rings is 1. The fourth-order valence-electron chi connectivity index (χ4n) is 3.04. The first-order chi connectivity index (χ1) is 10.1. The van der Waals surface area contributed by atoms with E-state index in [4.69, 9.17) is 4.74 Å². The molecule has 2 fully saturated rings. The predicted octanol–water partition coefficient (Wildman–Crippen LogP) is 1.56. The second-order valence-electron chi connectivity index (χ2n) is 6.39. The molecule has 3 atom stereocenters. The molecule has 1 saturated carbocycles. The van der Waals surface area contributed by atoms with Gasteiger partial charge in [-0.2, -0.15) is 0 Å². The number of methoxy groups -OCH3 is 1. The zero-order valence-corrected chi connectivity index (χ0v) is 13.4. The molecule has 1 aliphatic carbocycles. The third kappa shape index (κ3) is 3.76. The Morgan fingerprint density at radius 2 is 2.05 bits per heavy atom. The van der Waals surface area contributed by atoms with E-state index >= 15 is 0 Å². The smallest absolute Gasteiger partial charge is 0.246 e. The summed E-state index contributed by atoms with van der Waals surface area (Å²) in [6.07, 6.45) is 4.83. The van der Waals surface area contributed by atoms with Gasteiger partial charge in [-0.05, 0) is 37.5 Å². The minimum absolute atomic E-state index is 0.0501. The molecule has 21 heavy (non-hydrogen) atoms. The van der Waals surface area contributed by atoms with Gasteiger partial charge in [-0.1, -0.05) is 20.3 Å². The predicted molar refractivity (Wildman–Crippen MR) is 80.7 cm³/mol. The summed E-state index contributed by atoms with van der Waals surface area (Å²) in [5.74, 6) is 0.713. The third-order valence-electron chi connectivity index (χ3n) is 4.73. The minimum Gasteiger partial charge on any atom is -0.385 e. The van der Waals surface area contributed by atoms with Crippen molar-refractivity contribution in [3.05, 3.63) is 0 Å². The molecule has 0 aromatic rings. The summed E-state index contributed by atoms with van der Waals surface area (Å²) < 4.78 is 5.06. The van der Waals surface area contributed by atoms with Crippen molar-refractivity contribution in [3.63, 3.8) is 0 Å². The molecular weight excluding hydrogens is 268 g/mol. The lowest BCUT2D eigenvalue weighted by molar-refractivity contribution is -0.151. The lowest BCUT2D eigenvalue weighted by Crippen LogP contribution is -2.65. The average Bonchev–Trinajstić information content (AvgIpc) is 3.30. The van der Waals surface area contributed by atoms with Crippen LogP contribution in [0.15, 0.2) is 0 Å². The number of unbranched alkanes of at least 4 members (excludes halogenated alkanes) is 1. The van der Waals surface area contributed by atoms with Crippen LogP contribution in [-0.2, 0) is 14.3 Å². The van der Waals surface area contributed by atoms with Gasteiger partial charge in [-0.25, -0.2) is 0 Å². The van der Waals surface area contributed by atoms with E-state index in [1.165, 1.54) is 0 Å². The molecule has 3 unspecified atom stereocenters. The highest BCUT2D eigenvalue weighted by atomic mass is 16.5. The highest BCUT2D eigenvalue weighted by molar-refractivity contribution is 5.97. The SMILES string of the molecule is CCC(C)C1NC(=O)C(C2CC2)N(CCCCOC)C1=O. The molecule has 0 radical (unpaired) electrons. The normalized spacial score (nSPS) is 27.7. The Balaban J connectivity index is 2.05. The van der Waals surface area contributed by atoms with E-state index in [2.05, 4.69) is 12.2 Å². The molecule has 120 valence electrons. The van der Waals surface area contributed by atoms with Gasteiger partial charge in [0.2, 0.25) is 11.8 Å². The average molecular weight is 296 g/mol. The summed E-state index contributed by atoms with van der Waals surface area (Å²) in [6, 6.07) is -0.583. The van der Waals surface area contributed by atoms with Gasteiger partial charge < -0.3 is 15.0 Å². The van der Waals surface area contributed by atoms with Gasteiger partial charge in [0.1, 0.15) is 12.1 Å². The van der Waals surface area contributed by atoms with Crippen LogP contribution in [0.4, 0.5) is 0 Å². The number of ether oxygens (including phenoxy) is 1. The molecule has 0 bridgehead atoms. The van der Waals surface area contributed by atoms with Gasteiger partial charge in [0.15, 0.2) is 0 Å². The number of hydrogen-bond acceptors (Lipinski definition) is 3. The fraction of sp³-hybridized carbons (Fsp3) is 0.875. The second kappa shape index (κ2) is 7.25. The highest BCUT2D eigenvalue weighted by Crippen LogP contribution is 2.37. The van der Waals surface area contributed by atoms with Crippen LogP contribution in [0.3, 0.4) is 0 Å². The minimum atomic E-state index is -0.347. The number of nitrogens with zero attached hydrogens (tertiary/aromatic N) is 1. The molecule has 1 saturated heterocycles. The fourth-order valence-corrected chi connectivity index (χ4v) is 3.04. The Morgan fingerprint density at radius 1 is 1.33 bits per heavy atom. The van der Waals surface area contributed by atoms with Crippen molar-refractivity contribution in [2.75, 3.05) is 20.3 Å².